The first-order chi connectivity index (χ1) is 9.43. The summed E-state index contributed by atoms with van der Waals surface area (Å²) >= 11 is 17.9. The van der Waals surface area contributed by atoms with Crippen LogP contribution in [0.5, 0.6) is 5.75 Å². The summed E-state index contributed by atoms with van der Waals surface area (Å²) in [5.74, 6) is -0.603. The molecule has 0 aliphatic carbocycles. The topological polar surface area (TPSA) is 26.3 Å². The molecule has 0 aliphatic heterocycles. The third-order valence-electron chi connectivity index (χ3n) is 2.66. The highest BCUT2D eigenvalue weighted by Crippen LogP contribution is 2.33. The van der Waals surface area contributed by atoms with Gasteiger partial charge in [-0.25, -0.2) is 4.39 Å². The Morgan fingerprint density at radius 1 is 1.00 bits per heavy atom. The summed E-state index contributed by atoms with van der Waals surface area (Å²) in [5, 5.41) is 0.438. The predicted octanol–water partition coefficient (Wildman–Crippen LogP) is 5.03. The number of hydrogen-bond donors (Lipinski definition) is 0. The number of hydrogen-bond acceptors (Lipinski definition) is 2. The molecule has 0 saturated heterocycles. The lowest BCUT2D eigenvalue weighted by molar-refractivity contribution is 0.103. The van der Waals surface area contributed by atoms with Crippen LogP contribution in [0.2, 0.25) is 15.1 Å². The van der Waals surface area contributed by atoms with Crippen LogP contribution in [0.1, 0.15) is 15.9 Å². The fourth-order valence-electron chi connectivity index (χ4n) is 1.68. The van der Waals surface area contributed by atoms with E-state index in [4.69, 9.17) is 39.5 Å². The molecule has 0 unspecified atom stereocenters. The van der Waals surface area contributed by atoms with E-state index in [2.05, 4.69) is 0 Å². The summed E-state index contributed by atoms with van der Waals surface area (Å²) < 4.78 is 18.0. The summed E-state index contributed by atoms with van der Waals surface area (Å²) in [6.07, 6.45) is 0. The molecule has 0 aromatic heterocycles. The Morgan fingerprint density at radius 3 is 2.25 bits per heavy atom. The summed E-state index contributed by atoms with van der Waals surface area (Å²) in [6, 6.07) is 6.35. The molecule has 0 fully saturated rings. The molecule has 2 aromatic carbocycles. The molecule has 0 N–H and O–H groups in total. The van der Waals surface area contributed by atoms with Gasteiger partial charge in [-0.1, -0.05) is 34.8 Å². The van der Waals surface area contributed by atoms with Crippen LogP contribution in [0.4, 0.5) is 4.39 Å². The fourth-order valence-corrected chi connectivity index (χ4v) is 2.41. The van der Waals surface area contributed by atoms with Gasteiger partial charge in [-0.2, -0.15) is 0 Å². The van der Waals surface area contributed by atoms with Gasteiger partial charge in [-0.05, 0) is 24.3 Å². The van der Waals surface area contributed by atoms with Gasteiger partial charge in [0.1, 0.15) is 11.6 Å². The Kier molecular flexibility index (Phi) is 4.53. The van der Waals surface area contributed by atoms with Crippen molar-refractivity contribution in [3.63, 3.8) is 0 Å². The van der Waals surface area contributed by atoms with Crippen molar-refractivity contribution in [2.24, 2.45) is 0 Å². The Bertz CT molecular complexity index is 686. The molecule has 0 saturated carbocycles. The van der Waals surface area contributed by atoms with Gasteiger partial charge < -0.3 is 4.74 Å². The second-order valence-electron chi connectivity index (χ2n) is 3.92. The van der Waals surface area contributed by atoms with E-state index in [1.54, 1.807) is 0 Å². The van der Waals surface area contributed by atoms with Crippen molar-refractivity contribution in [3.8, 4) is 5.75 Å². The monoisotopic (exact) mass is 332 g/mol. The van der Waals surface area contributed by atoms with Crippen LogP contribution in [0.25, 0.3) is 0 Å². The summed E-state index contributed by atoms with van der Waals surface area (Å²) in [4.78, 5) is 12.4. The fraction of sp³-hybridized carbons (Fsp3) is 0.0714. The Morgan fingerprint density at radius 2 is 1.65 bits per heavy atom. The van der Waals surface area contributed by atoms with E-state index in [1.807, 2.05) is 0 Å². The molecule has 2 aromatic rings. The molecule has 0 bridgehead atoms. The molecule has 6 heteroatoms. The Balaban J connectivity index is 2.51. The van der Waals surface area contributed by atoms with Crippen molar-refractivity contribution in [1.29, 1.82) is 0 Å². The van der Waals surface area contributed by atoms with Gasteiger partial charge in [0.15, 0.2) is 5.78 Å². The van der Waals surface area contributed by atoms with E-state index in [9.17, 15) is 9.18 Å². The van der Waals surface area contributed by atoms with Crippen LogP contribution in [-0.2, 0) is 0 Å². The van der Waals surface area contributed by atoms with E-state index in [1.165, 1.54) is 25.3 Å². The van der Waals surface area contributed by atoms with Crippen LogP contribution < -0.4 is 4.74 Å². The van der Waals surface area contributed by atoms with E-state index >= 15 is 0 Å². The average molecular weight is 334 g/mol. The first-order valence-corrected chi connectivity index (χ1v) is 6.60. The molecule has 104 valence electrons. The minimum Gasteiger partial charge on any atom is -0.495 e. The molecule has 2 nitrogen and oxygen atoms in total. The zero-order valence-electron chi connectivity index (χ0n) is 10.2. The lowest BCUT2D eigenvalue weighted by Gasteiger charge is -2.09. The van der Waals surface area contributed by atoms with Crippen molar-refractivity contribution in [3.05, 3.63) is 62.3 Å². The van der Waals surface area contributed by atoms with Gasteiger partial charge >= 0.3 is 0 Å². The maximum atomic E-state index is 13.0. The lowest BCUT2D eigenvalue weighted by Crippen LogP contribution is -2.04. The third-order valence-corrected chi connectivity index (χ3v) is 3.58. The highest BCUT2D eigenvalue weighted by atomic mass is 35.5. The van der Waals surface area contributed by atoms with E-state index in [0.717, 1.165) is 12.1 Å². The zero-order chi connectivity index (χ0) is 14.9. The number of halogens is 4. The van der Waals surface area contributed by atoms with E-state index in [-0.39, 0.29) is 26.2 Å². The Hall–Kier alpha value is -1.29. The standard InChI is InChI=1S/C14H8Cl3FO2/c1-20-13-6-11(16)9(5-12(13)17)14(19)8-3-2-7(18)4-10(8)15/h2-6H,1H3. The normalized spacial score (nSPS) is 10.4. The molecule has 20 heavy (non-hydrogen) atoms. The first kappa shape index (κ1) is 15.1. The van der Waals surface area contributed by atoms with Crippen molar-refractivity contribution < 1.29 is 13.9 Å². The quantitative estimate of drug-likeness (QED) is 0.737. The number of carbonyl (C=O) groups excluding carboxylic acids is 1. The second kappa shape index (κ2) is 6.00. The van der Waals surface area contributed by atoms with Gasteiger partial charge in [-0.15, -0.1) is 0 Å². The third kappa shape index (κ3) is 2.90. The summed E-state index contributed by atoms with van der Waals surface area (Å²) in [7, 11) is 1.44. The van der Waals surface area contributed by atoms with Crippen molar-refractivity contribution in [1.82, 2.24) is 0 Å². The predicted molar refractivity (Wildman–Crippen MR) is 77.9 cm³/mol. The van der Waals surface area contributed by atoms with Gasteiger partial charge in [0.05, 0.1) is 22.2 Å². The molecule has 0 aliphatic rings. The molecule has 0 heterocycles. The summed E-state index contributed by atoms with van der Waals surface area (Å²) in [5.41, 5.74) is 0.321. The van der Waals surface area contributed by atoms with E-state index in [0.29, 0.717) is 5.75 Å². The molecular weight excluding hydrogens is 326 g/mol. The molecule has 0 spiro atoms. The maximum absolute atomic E-state index is 13.0. The first-order valence-electron chi connectivity index (χ1n) is 5.47. The van der Waals surface area contributed by atoms with Gasteiger partial charge in [0.2, 0.25) is 0 Å². The highest BCUT2D eigenvalue weighted by Gasteiger charge is 2.18. The smallest absolute Gasteiger partial charge is 0.196 e. The largest absolute Gasteiger partial charge is 0.495 e. The number of ether oxygens (including phenoxy) is 1. The molecule has 0 amide bonds. The average Bonchev–Trinajstić information content (AvgIpc) is 2.40. The van der Waals surface area contributed by atoms with Crippen LogP contribution in [-0.4, -0.2) is 12.9 Å². The van der Waals surface area contributed by atoms with Crippen LogP contribution in [0, 0.1) is 5.82 Å². The van der Waals surface area contributed by atoms with Gasteiger partial charge in [-0.3, -0.25) is 4.79 Å². The lowest BCUT2D eigenvalue weighted by atomic mass is 10.0. The molecule has 0 atom stereocenters. The maximum Gasteiger partial charge on any atom is 0.196 e. The summed E-state index contributed by atoms with van der Waals surface area (Å²) in [6.45, 7) is 0. The Labute approximate surface area is 130 Å². The van der Waals surface area contributed by atoms with Crippen molar-refractivity contribution in [2.75, 3.05) is 7.11 Å². The van der Waals surface area contributed by atoms with Gasteiger partial charge in [0, 0.05) is 17.2 Å². The van der Waals surface area contributed by atoms with Crippen molar-refractivity contribution in [2.45, 2.75) is 0 Å². The number of carbonyl (C=O) groups is 1. The van der Waals surface area contributed by atoms with E-state index < -0.39 is 11.6 Å². The van der Waals surface area contributed by atoms with Gasteiger partial charge in [0.25, 0.3) is 0 Å². The molecular formula is C14H8Cl3FO2. The van der Waals surface area contributed by atoms with Crippen molar-refractivity contribution >= 4 is 40.6 Å². The SMILES string of the molecule is COc1cc(Cl)c(C(=O)c2ccc(F)cc2Cl)cc1Cl. The zero-order valence-corrected chi connectivity index (χ0v) is 12.5. The highest BCUT2D eigenvalue weighted by molar-refractivity contribution is 6.39. The minimum atomic E-state index is -0.523. The number of rotatable bonds is 3. The van der Waals surface area contributed by atoms with Crippen LogP contribution in [0.15, 0.2) is 30.3 Å². The number of methoxy groups -OCH3 is 1. The van der Waals surface area contributed by atoms with Crippen LogP contribution >= 0.6 is 34.8 Å². The minimum absolute atomic E-state index is 0.0120. The molecule has 2 rings (SSSR count). The number of benzene rings is 2. The number of ketones is 1. The second-order valence-corrected chi connectivity index (χ2v) is 5.14. The molecule has 0 radical (unpaired) electrons. The van der Waals surface area contributed by atoms with Crippen LogP contribution in [0.3, 0.4) is 0 Å².